The Bertz CT molecular complexity index is 3210. The number of aromatic nitrogens is 3. The van der Waals surface area contributed by atoms with Crippen molar-refractivity contribution in [3.05, 3.63) is 163 Å². The van der Waals surface area contributed by atoms with Crippen LogP contribution in [0.5, 0.6) is 0 Å². The highest BCUT2D eigenvalue weighted by Crippen LogP contribution is 2.45. The van der Waals surface area contributed by atoms with E-state index >= 15 is 0 Å². The Morgan fingerprint density at radius 1 is 0.529 bits per heavy atom. The maximum Gasteiger partial charge on any atom is 0.138 e. The van der Waals surface area contributed by atoms with Gasteiger partial charge in [-0.05, 0) is 104 Å². The summed E-state index contributed by atoms with van der Waals surface area (Å²) < 4.78 is 5.82. The Morgan fingerprint density at radius 2 is 1.12 bits per heavy atom. The van der Waals surface area contributed by atoms with E-state index in [1.807, 2.05) is 18.2 Å². The summed E-state index contributed by atoms with van der Waals surface area (Å²) in [5.41, 5.74) is 10.7. The normalized spacial score (nSPS) is 11.9. The molecule has 0 amide bonds. The Morgan fingerprint density at radius 3 is 1.82 bits per heavy atom. The first-order valence-electron chi connectivity index (χ1n) is 17.0. The van der Waals surface area contributed by atoms with Gasteiger partial charge in [-0.1, -0.05) is 91.0 Å². The van der Waals surface area contributed by atoms with Crippen molar-refractivity contribution in [1.82, 2.24) is 14.0 Å². The van der Waals surface area contributed by atoms with Crippen LogP contribution in [0.25, 0.3) is 97.4 Å². The van der Waals surface area contributed by atoms with Crippen molar-refractivity contribution in [3.8, 4) is 34.0 Å². The van der Waals surface area contributed by atoms with Crippen LogP contribution in [0.1, 0.15) is 5.56 Å². The average Bonchev–Trinajstić information content (AvgIpc) is 3.84. The van der Waals surface area contributed by atoms with Gasteiger partial charge in [0.25, 0.3) is 0 Å². The molecule has 7 aromatic carbocycles. The van der Waals surface area contributed by atoms with Gasteiger partial charge < -0.3 is 4.57 Å². The van der Waals surface area contributed by atoms with E-state index in [4.69, 9.17) is 4.98 Å². The van der Waals surface area contributed by atoms with Crippen LogP contribution in [0.3, 0.4) is 0 Å². The van der Waals surface area contributed by atoms with Gasteiger partial charge in [-0.2, -0.15) is 5.26 Å². The summed E-state index contributed by atoms with van der Waals surface area (Å²) in [5, 5.41) is 18.1. The number of nitriles is 1. The van der Waals surface area contributed by atoms with Crippen LogP contribution in [-0.2, 0) is 0 Å². The van der Waals surface area contributed by atoms with Gasteiger partial charge >= 0.3 is 0 Å². The summed E-state index contributed by atoms with van der Waals surface area (Å²) in [7, 11) is 0. The van der Waals surface area contributed by atoms with Crippen molar-refractivity contribution in [2.75, 3.05) is 0 Å². The van der Waals surface area contributed by atoms with E-state index in [-0.39, 0.29) is 0 Å². The zero-order valence-corrected chi connectivity index (χ0v) is 28.0. The molecule has 0 radical (unpaired) electrons. The van der Waals surface area contributed by atoms with E-state index in [9.17, 15) is 5.26 Å². The fourth-order valence-electron chi connectivity index (χ4n) is 8.15. The molecule has 0 atom stereocenters. The predicted octanol–water partition coefficient (Wildman–Crippen LogP) is 12.3. The summed E-state index contributed by atoms with van der Waals surface area (Å²) in [4.78, 5) is 6.22. The van der Waals surface area contributed by atoms with Gasteiger partial charge in [0, 0.05) is 32.7 Å². The maximum absolute atomic E-state index is 9.85. The molecular weight excluding hydrogens is 641 g/mol. The number of hydrogen-bond acceptors (Lipinski definition) is 3. The molecular formula is C46H26N4S. The quantitative estimate of drug-likeness (QED) is 0.176. The van der Waals surface area contributed by atoms with E-state index in [0.717, 1.165) is 49.8 Å². The number of benzene rings is 7. The number of fused-ring (bicyclic) bond motifs is 10. The highest BCUT2D eigenvalue weighted by atomic mass is 32.1. The molecule has 4 aromatic heterocycles. The van der Waals surface area contributed by atoms with Crippen molar-refractivity contribution < 1.29 is 0 Å². The molecule has 0 unspecified atom stereocenters. The average molecular weight is 667 g/mol. The van der Waals surface area contributed by atoms with E-state index in [1.54, 1.807) is 11.3 Å². The van der Waals surface area contributed by atoms with Crippen molar-refractivity contribution in [1.29, 1.82) is 5.26 Å². The largest absolute Gasteiger partial charge is 0.309 e. The van der Waals surface area contributed by atoms with Crippen LogP contribution in [0.4, 0.5) is 0 Å². The Balaban J connectivity index is 1.19. The molecule has 0 bridgehead atoms. The van der Waals surface area contributed by atoms with Crippen molar-refractivity contribution in [2.45, 2.75) is 0 Å². The fourth-order valence-corrected chi connectivity index (χ4v) is 9.28. The van der Waals surface area contributed by atoms with Gasteiger partial charge in [-0.15, -0.1) is 11.3 Å². The first-order chi connectivity index (χ1) is 25.2. The highest BCUT2D eigenvalue weighted by molar-refractivity contribution is 7.25. The predicted molar refractivity (Wildman–Crippen MR) is 213 cm³/mol. The number of imidazole rings is 1. The van der Waals surface area contributed by atoms with Crippen molar-refractivity contribution in [2.24, 2.45) is 0 Å². The molecule has 0 N–H and O–H groups in total. The fraction of sp³-hybridized carbons (Fsp3) is 0. The lowest BCUT2D eigenvalue weighted by Gasteiger charge is -2.18. The molecule has 0 aliphatic heterocycles. The molecule has 0 fully saturated rings. The highest BCUT2D eigenvalue weighted by Gasteiger charge is 2.20. The summed E-state index contributed by atoms with van der Waals surface area (Å²) >= 11 is 1.79. The van der Waals surface area contributed by atoms with E-state index < -0.39 is 0 Å². The summed E-state index contributed by atoms with van der Waals surface area (Å²) in [5.74, 6) is 0. The Labute approximate surface area is 296 Å². The molecule has 5 heteroatoms. The van der Waals surface area contributed by atoms with Gasteiger partial charge in [0.05, 0.1) is 22.7 Å². The third-order valence-electron chi connectivity index (χ3n) is 10.3. The van der Waals surface area contributed by atoms with Crippen molar-refractivity contribution in [3.63, 3.8) is 0 Å². The molecule has 236 valence electrons. The van der Waals surface area contributed by atoms with E-state index in [0.29, 0.717) is 5.56 Å². The Hall–Kier alpha value is -6.74. The summed E-state index contributed by atoms with van der Waals surface area (Å²) in [6.45, 7) is 0. The SMILES string of the molecule is N#Cc1ccc2c(c1)c1cc(-c3c4ccccc4c(-c4ccc5nc6c7ccccc7sc6n5c4)c4ccccc34)ccc1n2-c1ccccc1. The number of rotatable bonds is 3. The molecule has 0 aliphatic rings. The smallest absolute Gasteiger partial charge is 0.138 e. The molecule has 4 heterocycles. The number of hydrogen-bond donors (Lipinski definition) is 0. The number of nitrogens with zero attached hydrogens (tertiary/aromatic N) is 4. The molecule has 4 nitrogen and oxygen atoms in total. The first-order valence-corrected chi connectivity index (χ1v) is 17.8. The van der Waals surface area contributed by atoms with Crippen LogP contribution in [0, 0.1) is 11.3 Å². The van der Waals surface area contributed by atoms with Crippen LogP contribution in [0.15, 0.2) is 158 Å². The first kappa shape index (κ1) is 28.1. The number of thiophene rings is 1. The topological polar surface area (TPSA) is 46.0 Å². The number of pyridine rings is 1. The van der Waals surface area contributed by atoms with E-state index in [2.05, 4.69) is 155 Å². The van der Waals surface area contributed by atoms with Crippen LogP contribution in [-0.4, -0.2) is 14.0 Å². The lowest BCUT2D eigenvalue weighted by Crippen LogP contribution is -1.94. The molecule has 0 saturated heterocycles. The van der Waals surface area contributed by atoms with Crippen LogP contribution < -0.4 is 0 Å². The molecule has 11 rings (SSSR count). The number of para-hydroxylation sites is 1. The maximum atomic E-state index is 9.85. The minimum Gasteiger partial charge on any atom is -0.309 e. The van der Waals surface area contributed by atoms with Gasteiger partial charge in [-0.3, -0.25) is 4.40 Å². The lowest BCUT2D eigenvalue weighted by atomic mass is 9.86. The van der Waals surface area contributed by atoms with Gasteiger partial charge in [-0.25, -0.2) is 4.98 Å². The standard InChI is InChI=1S/C46H26N4S/c47-26-28-18-21-39-37(24-28)38-25-29(19-22-40(38)50(39)31-10-2-1-3-11-31)43-32-12-4-6-14-34(32)44(35-15-7-5-13-33(35)43)30-20-23-42-48-45-36-16-8-9-17-41(36)51-46(45)49(42)27-30/h1-25,27H. The van der Waals surface area contributed by atoms with E-state index in [1.165, 1.54) is 47.6 Å². The van der Waals surface area contributed by atoms with Gasteiger partial charge in [0.1, 0.15) is 16.0 Å². The minimum absolute atomic E-state index is 0.656. The molecule has 0 aliphatic carbocycles. The van der Waals surface area contributed by atoms with Gasteiger partial charge in [0.15, 0.2) is 0 Å². The summed E-state index contributed by atoms with van der Waals surface area (Å²) in [6, 6.07) is 56.1. The monoisotopic (exact) mass is 666 g/mol. The molecule has 0 saturated carbocycles. The van der Waals surface area contributed by atoms with Crippen LogP contribution >= 0.6 is 11.3 Å². The second-order valence-corrected chi connectivity index (χ2v) is 14.1. The van der Waals surface area contributed by atoms with Gasteiger partial charge in [0.2, 0.25) is 0 Å². The lowest BCUT2D eigenvalue weighted by molar-refractivity contribution is 1.18. The second kappa shape index (κ2) is 10.6. The van der Waals surface area contributed by atoms with Crippen molar-refractivity contribution >= 4 is 80.8 Å². The molecule has 0 spiro atoms. The summed E-state index contributed by atoms with van der Waals surface area (Å²) in [6.07, 6.45) is 2.27. The second-order valence-electron chi connectivity index (χ2n) is 13.1. The molecule has 51 heavy (non-hydrogen) atoms. The van der Waals surface area contributed by atoms with Crippen LogP contribution in [0.2, 0.25) is 0 Å². The zero-order chi connectivity index (χ0) is 33.6. The minimum atomic E-state index is 0.656. The third-order valence-corrected chi connectivity index (χ3v) is 11.5. The zero-order valence-electron chi connectivity index (χ0n) is 27.2. The molecule has 11 aromatic rings. The third kappa shape index (κ3) is 4.03. The Kier molecular flexibility index (Phi) is 5.86.